The Morgan fingerprint density at radius 3 is 2.43 bits per heavy atom. The first-order valence-electron chi connectivity index (χ1n) is 9.64. The van der Waals surface area contributed by atoms with Gasteiger partial charge in [0.2, 0.25) is 5.82 Å². The molecule has 30 heavy (non-hydrogen) atoms. The second-order valence-electron chi connectivity index (χ2n) is 6.83. The van der Waals surface area contributed by atoms with E-state index in [4.69, 9.17) is 4.74 Å². The Morgan fingerprint density at radius 1 is 1.07 bits per heavy atom. The molecule has 2 aromatic carbocycles. The number of halogens is 1. The summed E-state index contributed by atoms with van der Waals surface area (Å²) in [5, 5.41) is 3.99. The van der Waals surface area contributed by atoms with Crippen LogP contribution in [0.3, 0.4) is 0 Å². The van der Waals surface area contributed by atoms with Gasteiger partial charge in [-0.2, -0.15) is 0 Å². The predicted molar refractivity (Wildman–Crippen MR) is 114 cm³/mol. The van der Waals surface area contributed by atoms with Crippen molar-refractivity contribution in [2.24, 2.45) is 0 Å². The molecule has 0 aliphatic rings. The number of nitrogens with one attached hydrogen (secondary N) is 1. The Balaban J connectivity index is 1.97. The van der Waals surface area contributed by atoms with E-state index in [2.05, 4.69) is 15.3 Å². The largest absolute Gasteiger partial charge is 0.460 e. The lowest BCUT2D eigenvalue weighted by Crippen LogP contribution is -2.12. The zero-order valence-electron chi connectivity index (χ0n) is 16.9. The van der Waals surface area contributed by atoms with Gasteiger partial charge < -0.3 is 10.1 Å². The fraction of sp³-hybridized carbons (Fsp3) is 0.174. The standard InChI is InChI=1S/C23H21FN4O2/c1-4-30-23(29)21-26-20(25-17-12-10-16(24)11-13-17)19-14(2)15(3)28(22(19)27-21)18-8-6-5-7-9-18/h5-13H,4H2,1-3H3,(H,25,26,27). The molecule has 2 heterocycles. The van der Waals surface area contributed by atoms with Gasteiger partial charge in [0.25, 0.3) is 0 Å². The topological polar surface area (TPSA) is 69.0 Å². The fourth-order valence-corrected chi connectivity index (χ4v) is 3.40. The molecule has 0 unspecified atom stereocenters. The van der Waals surface area contributed by atoms with Crippen LogP contribution in [0.4, 0.5) is 15.9 Å². The van der Waals surface area contributed by atoms with Gasteiger partial charge in [-0.25, -0.2) is 19.2 Å². The number of carbonyl (C=O) groups is 1. The Labute approximate surface area is 173 Å². The summed E-state index contributed by atoms with van der Waals surface area (Å²) in [6, 6.07) is 15.7. The van der Waals surface area contributed by atoms with Crippen LogP contribution in [-0.4, -0.2) is 27.1 Å². The van der Waals surface area contributed by atoms with Crippen LogP contribution in [-0.2, 0) is 4.74 Å². The first-order valence-corrected chi connectivity index (χ1v) is 9.64. The highest BCUT2D eigenvalue weighted by atomic mass is 19.1. The molecule has 0 atom stereocenters. The second kappa shape index (κ2) is 7.94. The molecule has 0 aliphatic heterocycles. The zero-order valence-corrected chi connectivity index (χ0v) is 16.9. The van der Waals surface area contributed by atoms with Crippen molar-refractivity contribution in [2.45, 2.75) is 20.8 Å². The van der Waals surface area contributed by atoms with Crippen LogP contribution in [0.2, 0.25) is 0 Å². The number of benzene rings is 2. The quantitative estimate of drug-likeness (QED) is 0.469. The number of aromatic nitrogens is 3. The molecule has 152 valence electrons. The highest BCUT2D eigenvalue weighted by molar-refractivity contribution is 5.97. The van der Waals surface area contributed by atoms with E-state index in [-0.39, 0.29) is 18.2 Å². The van der Waals surface area contributed by atoms with Crippen molar-refractivity contribution >= 4 is 28.5 Å². The van der Waals surface area contributed by atoms with Crippen LogP contribution < -0.4 is 5.32 Å². The molecule has 6 nitrogen and oxygen atoms in total. The van der Waals surface area contributed by atoms with Gasteiger partial charge in [-0.15, -0.1) is 0 Å². The molecular weight excluding hydrogens is 383 g/mol. The van der Waals surface area contributed by atoms with Crippen LogP contribution in [0.1, 0.15) is 28.8 Å². The summed E-state index contributed by atoms with van der Waals surface area (Å²) in [7, 11) is 0. The van der Waals surface area contributed by atoms with Crippen molar-refractivity contribution in [2.75, 3.05) is 11.9 Å². The van der Waals surface area contributed by atoms with Gasteiger partial charge in [0, 0.05) is 17.1 Å². The molecule has 2 aromatic heterocycles. The maximum Gasteiger partial charge on any atom is 0.376 e. The lowest BCUT2D eigenvalue weighted by atomic mass is 10.2. The van der Waals surface area contributed by atoms with Crippen molar-refractivity contribution in [3.05, 3.63) is 77.5 Å². The van der Waals surface area contributed by atoms with Gasteiger partial charge >= 0.3 is 5.97 Å². The van der Waals surface area contributed by atoms with Gasteiger partial charge in [0.1, 0.15) is 11.6 Å². The van der Waals surface area contributed by atoms with Gasteiger partial charge in [-0.1, -0.05) is 18.2 Å². The number of hydrogen-bond donors (Lipinski definition) is 1. The third-order valence-corrected chi connectivity index (χ3v) is 4.93. The SMILES string of the molecule is CCOC(=O)c1nc(Nc2ccc(F)cc2)c2c(C)c(C)n(-c3ccccc3)c2n1. The Morgan fingerprint density at radius 2 is 1.77 bits per heavy atom. The molecule has 0 radical (unpaired) electrons. The minimum Gasteiger partial charge on any atom is -0.460 e. The lowest BCUT2D eigenvalue weighted by molar-refractivity contribution is 0.0512. The monoisotopic (exact) mass is 404 g/mol. The van der Waals surface area contributed by atoms with E-state index in [0.717, 1.165) is 22.3 Å². The number of aryl methyl sites for hydroxylation is 1. The van der Waals surface area contributed by atoms with Crippen LogP contribution >= 0.6 is 0 Å². The maximum absolute atomic E-state index is 13.3. The lowest BCUT2D eigenvalue weighted by Gasteiger charge is -2.11. The van der Waals surface area contributed by atoms with Crippen molar-refractivity contribution in [1.29, 1.82) is 0 Å². The summed E-state index contributed by atoms with van der Waals surface area (Å²) < 4.78 is 20.4. The third-order valence-electron chi connectivity index (χ3n) is 4.93. The normalized spacial score (nSPS) is 10.9. The van der Waals surface area contributed by atoms with E-state index in [1.165, 1.54) is 12.1 Å². The average molecular weight is 404 g/mol. The highest BCUT2D eigenvalue weighted by Crippen LogP contribution is 2.33. The number of ether oxygens (including phenoxy) is 1. The van der Waals surface area contributed by atoms with Crippen LogP contribution in [0.25, 0.3) is 16.7 Å². The van der Waals surface area contributed by atoms with E-state index < -0.39 is 5.97 Å². The Kier molecular flexibility index (Phi) is 5.18. The number of carbonyl (C=O) groups excluding carboxylic acids is 1. The summed E-state index contributed by atoms with van der Waals surface area (Å²) in [4.78, 5) is 21.4. The molecule has 1 N–H and O–H groups in total. The van der Waals surface area contributed by atoms with Crippen molar-refractivity contribution in [3.63, 3.8) is 0 Å². The van der Waals surface area contributed by atoms with Crippen LogP contribution in [0.15, 0.2) is 54.6 Å². The molecular formula is C23H21FN4O2. The molecule has 0 aliphatic carbocycles. The van der Waals surface area contributed by atoms with Gasteiger partial charge in [-0.05, 0) is 62.7 Å². The molecule has 0 spiro atoms. The summed E-state index contributed by atoms with van der Waals surface area (Å²) in [5.74, 6) is -0.505. The molecule has 4 rings (SSSR count). The van der Waals surface area contributed by atoms with Gasteiger partial charge in [0.15, 0.2) is 5.65 Å². The zero-order chi connectivity index (χ0) is 21.3. The number of anilines is 2. The average Bonchev–Trinajstić information content (AvgIpc) is 3.01. The highest BCUT2D eigenvalue weighted by Gasteiger charge is 2.22. The van der Waals surface area contributed by atoms with Gasteiger partial charge in [0.05, 0.1) is 12.0 Å². The summed E-state index contributed by atoms with van der Waals surface area (Å²) >= 11 is 0. The molecule has 0 saturated carbocycles. The Hall–Kier alpha value is -3.74. The number of rotatable bonds is 5. The van der Waals surface area contributed by atoms with E-state index in [1.807, 2.05) is 48.7 Å². The molecule has 4 aromatic rings. The van der Waals surface area contributed by atoms with Crippen LogP contribution in [0, 0.1) is 19.7 Å². The second-order valence-corrected chi connectivity index (χ2v) is 6.83. The number of nitrogens with zero attached hydrogens (tertiary/aromatic N) is 3. The molecule has 0 bridgehead atoms. The number of fused-ring (bicyclic) bond motifs is 1. The fourth-order valence-electron chi connectivity index (χ4n) is 3.40. The molecule has 7 heteroatoms. The first kappa shape index (κ1) is 19.6. The minimum atomic E-state index is -0.599. The maximum atomic E-state index is 13.3. The van der Waals surface area contributed by atoms with Gasteiger partial charge in [-0.3, -0.25) is 4.57 Å². The van der Waals surface area contributed by atoms with E-state index >= 15 is 0 Å². The Bertz CT molecular complexity index is 1220. The van der Waals surface area contributed by atoms with Crippen molar-refractivity contribution in [3.8, 4) is 5.69 Å². The van der Waals surface area contributed by atoms with Crippen molar-refractivity contribution < 1.29 is 13.9 Å². The predicted octanol–water partition coefficient (Wildman–Crippen LogP) is 5.10. The third kappa shape index (κ3) is 3.50. The number of para-hydroxylation sites is 1. The van der Waals surface area contributed by atoms with Crippen LogP contribution in [0.5, 0.6) is 0 Å². The first-order chi connectivity index (χ1) is 14.5. The molecule has 0 fully saturated rings. The number of hydrogen-bond acceptors (Lipinski definition) is 5. The number of esters is 1. The molecule has 0 amide bonds. The summed E-state index contributed by atoms with van der Waals surface area (Å²) in [5.41, 5.74) is 4.13. The summed E-state index contributed by atoms with van der Waals surface area (Å²) in [6.45, 7) is 5.93. The smallest absolute Gasteiger partial charge is 0.376 e. The van der Waals surface area contributed by atoms with Crippen molar-refractivity contribution in [1.82, 2.24) is 14.5 Å². The summed E-state index contributed by atoms with van der Waals surface area (Å²) in [6.07, 6.45) is 0. The van der Waals surface area contributed by atoms with E-state index in [0.29, 0.717) is 17.2 Å². The minimum absolute atomic E-state index is 0.0383. The van der Waals surface area contributed by atoms with E-state index in [1.54, 1.807) is 19.1 Å². The van der Waals surface area contributed by atoms with E-state index in [9.17, 15) is 9.18 Å². The molecule has 0 saturated heterocycles.